The van der Waals surface area contributed by atoms with Crippen LogP contribution in [0.15, 0.2) is 4.52 Å². The van der Waals surface area contributed by atoms with Crippen LogP contribution < -0.4 is 5.73 Å². The van der Waals surface area contributed by atoms with Crippen molar-refractivity contribution in [2.75, 3.05) is 6.61 Å². The summed E-state index contributed by atoms with van der Waals surface area (Å²) in [6.07, 6.45) is 1.60. The molecule has 80 valence electrons. The topological polar surface area (TPSA) is 74.2 Å². The van der Waals surface area contributed by atoms with E-state index in [0.29, 0.717) is 24.7 Å². The van der Waals surface area contributed by atoms with Crippen LogP contribution in [0.2, 0.25) is 0 Å². The van der Waals surface area contributed by atoms with Crippen LogP contribution in [0.3, 0.4) is 0 Å². The molecule has 0 aliphatic heterocycles. The molecular formula is C9H17N3O2. The fourth-order valence-corrected chi connectivity index (χ4v) is 1.01. The van der Waals surface area contributed by atoms with Crippen molar-refractivity contribution in [3.05, 3.63) is 11.7 Å². The molecule has 0 bridgehead atoms. The Balaban J connectivity index is 2.35. The highest BCUT2D eigenvalue weighted by molar-refractivity contribution is 4.86. The van der Waals surface area contributed by atoms with Gasteiger partial charge in [0.15, 0.2) is 5.82 Å². The molecule has 5 heteroatoms. The van der Waals surface area contributed by atoms with Crippen molar-refractivity contribution in [1.82, 2.24) is 10.1 Å². The monoisotopic (exact) mass is 199 g/mol. The second kappa shape index (κ2) is 5.72. The van der Waals surface area contributed by atoms with Crippen molar-refractivity contribution in [3.63, 3.8) is 0 Å². The van der Waals surface area contributed by atoms with Crippen LogP contribution in [0.5, 0.6) is 0 Å². The number of nitrogens with zero attached hydrogens (tertiary/aromatic N) is 2. The first-order valence-electron chi connectivity index (χ1n) is 4.87. The van der Waals surface area contributed by atoms with Crippen molar-refractivity contribution >= 4 is 0 Å². The Bertz CT molecular complexity index is 260. The molecule has 0 radical (unpaired) electrons. The van der Waals surface area contributed by atoms with E-state index in [0.717, 1.165) is 13.0 Å². The van der Waals surface area contributed by atoms with Crippen LogP contribution in [-0.4, -0.2) is 22.8 Å². The molecule has 0 fully saturated rings. The Morgan fingerprint density at radius 1 is 1.57 bits per heavy atom. The van der Waals surface area contributed by atoms with Gasteiger partial charge >= 0.3 is 0 Å². The number of rotatable bonds is 6. The normalized spacial score (nSPS) is 13.1. The Morgan fingerprint density at radius 3 is 3.00 bits per heavy atom. The minimum atomic E-state index is 0.0415. The Hall–Kier alpha value is -0.940. The van der Waals surface area contributed by atoms with E-state index in [1.807, 2.05) is 6.92 Å². The standard InChI is InChI=1S/C9H17N3O2/c1-3-4-13-6-8-11-9(14-12-8)5-7(2)10/h7H,3-6,10H2,1-2H3. The third-order valence-electron chi connectivity index (χ3n) is 1.59. The summed E-state index contributed by atoms with van der Waals surface area (Å²) in [5, 5.41) is 3.77. The Labute approximate surface area is 83.6 Å². The van der Waals surface area contributed by atoms with Crippen LogP contribution in [0.25, 0.3) is 0 Å². The van der Waals surface area contributed by atoms with Gasteiger partial charge in [-0.15, -0.1) is 0 Å². The van der Waals surface area contributed by atoms with Crippen molar-refractivity contribution in [2.24, 2.45) is 5.73 Å². The zero-order chi connectivity index (χ0) is 10.4. The molecule has 1 aromatic rings. The number of ether oxygens (including phenoxy) is 1. The second-order valence-corrected chi connectivity index (χ2v) is 3.34. The maximum Gasteiger partial charge on any atom is 0.228 e. The molecule has 0 aromatic carbocycles. The van der Waals surface area contributed by atoms with E-state index in [2.05, 4.69) is 17.1 Å². The predicted octanol–water partition coefficient (Wildman–Crippen LogP) is 0.886. The lowest BCUT2D eigenvalue weighted by molar-refractivity contribution is 0.114. The van der Waals surface area contributed by atoms with Crippen LogP contribution in [0.1, 0.15) is 32.0 Å². The summed E-state index contributed by atoms with van der Waals surface area (Å²) in [7, 11) is 0. The van der Waals surface area contributed by atoms with Gasteiger partial charge in [0.1, 0.15) is 6.61 Å². The largest absolute Gasteiger partial charge is 0.373 e. The van der Waals surface area contributed by atoms with Gasteiger partial charge in [0.25, 0.3) is 0 Å². The molecule has 1 rings (SSSR count). The molecule has 0 saturated heterocycles. The van der Waals surface area contributed by atoms with E-state index in [1.165, 1.54) is 0 Å². The maximum atomic E-state index is 5.60. The summed E-state index contributed by atoms with van der Waals surface area (Å²) in [6.45, 7) is 5.09. The maximum absolute atomic E-state index is 5.60. The lowest BCUT2D eigenvalue weighted by Crippen LogP contribution is -2.17. The van der Waals surface area contributed by atoms with E-state index in [4.69, 9.17) is 15.0 Å². The zero-order valence-electron chi connectivity index (χ0n) is 8.69. The summed E-state index contributed by atoms with van der Waals surface area (Å²) in [4.78, 5) is 4.14. The molecule has 1 unspecified atom stereocenters. The Kier molecular flexibility index (Phi) is 4.55. The van der Waals surface area contributed by atoms with Crippen molar-refractivity contribution in [3.8, 4) is 0 Å². The molecule has 1 heterocycles. The third-order valence-corrected chi connectivity index (χ3v) is 1.59. The molecule has 1 aromatic heterocycles. The fourth-order valence-electron chi connectivity index (χ4n) is 1.01. The van der Waals surface area contributed by atoms with Gasteiger partial charge in [0, 0.05) is 19.1 Å². The van der Waals surface area contributed by atoms with Gasteiger partial charge in [-0.1, -0.05) is 12.1 Å². The Morgan fingerprint density at radius 2 is 2.36 bits per heavy atom. The minimum Gasteiger partial charge on any atom is -0.373 e. The van der Waals surface area contributed by atoms with Gasteiger partial charge in [-0.3, -0.25) is 0 Å². The van der Waals surface area contributed by atoms with E-state index < -0.39 is 0 Å². The molecule has 2 N–H and O–H groups in total. The number of hydrogen-bond acceptors (Lipinski definition) is 5. The van der Waals surface area contributed by atoms with Crippen molar-refractivity contribution in [1.29, 1.82) is 0 Å². The molecule has 0 amide bonds. The van der Waals surface area contributed by atoms with E-state index in [1.54, 1.807) is 0 Å². The van der Waals surface area contributed by atoms with Crippen LogP contribution in [0.4, 0.5) is 0 Å². The SMILES string of the molecule is CCCOCc1noc(CC(C)N)n1. The average molecular weight is 199 g/mol. The first kappa shape index (κ1) is 11.1. The van der Waals surface area contributed by atoms with E-state index in [9.17, 15) is 0 Å². The molecule has 14 heavy (non-hydrogen) atoms. The number of hydrogen-bond donors (Lipinski definition) is 1. The zero-order valence-corrected chi connectivity index (χ0v) is 8.69. The second-order valence-electron chi connectivity index (χ2n) is 3.34. The summed E-state index contributed by atoms with van der Waals surface area (Å²) >= 11 is 0. The van der Waals surface area contributed by atoms with Crippen LogP contribution in [0, 0.1) is 0 Å². The summed E-state index contributed by atoms with van der Waals surface area (Å²) in [5.41, 5.74) is 5.60. The molecule has 0 aliphatic carbocycles. The quantitative estimate of drug-likeness (QED) is 0.688. The highest BCUT2D eigenvalue weighted by Gasteiger charge is 2.07. The van der Waals surface area contributed by atoms with E-state index >= 15 is 0 Å². The molecule has 0 spiro atoms. The van der Waals surface area contributed by atoms with Crippen LogP contribution >= 0.6 is 0 Å². The first-order valence-corrected chi connectivity index (χ1v) is 4.87. The summed E-state index contributed by atoms with van der Waals surface area (Å²) < 4.78 is 10.3. The van der Waals surface area contributed by atoms with Gasteiger partial charge in [0.2, 0.25) is 5.89 Å². The highest BCUT2D eigenvalue weighted by Crippen LogP contribution is 2.01. The van der Waals surface area contributed by atoms with Crippen molar-refractivity contribution in [2.45, 2.75) is 39.3 Å². The van der Waals surface area contributed by atoms with Gasteiger partial charge in [0.05, 0.1) is 0 Å². The minimum absolute atomic E-state index is 0.0415. The molecule has 0 aliphatic rings. The van der Waals surface area contributed by atoms with Gasteiger partial charge in [-0.05, 0) is 13.3 Å². The smallest absolute Gasteiger partial charge is 0.228 e. The number of nitrogens with two attached hydrogens (primary N) is 1. The van der Waals surface area contributed by atoms with Crippen LogP contribution in [-0.2, 0) is 17.8 Å². The third kappa shape index (κ3) is 3.85. The average Bonchev–Trinajstić information content (AvgIpc) is 2.52. The van der Waals surface area contributed by atoms with Gasteiger partial charge < -0.3 is 15.0 Å². The molecule has 0 saturated carbocycles. The van der Waals surface area contributed by atoms with Gasteiger partial charge in [-0.2, -0.15) is 4.98 Å². The molecular weight excluding hydrogens is 182 g/mol. The summed E-state index contributed by atoms with van der Waals surface area (Å²) in [6, 6.07) is 0.0415. The van der Waals surface area contributed by atoms with Gasteiger partial charge in [-0.25, -0.2) is 0 Å². The lowest BCUT2D eigenvalue weighted by atomic mass is 10.2. The highest BCUT2D eigenvalue weighted by atomic mass is 16.5. The molecule has 5 nitrogen and oxygen atoms in total. The summed E-state index contributed by atoms with van der Waals surface area (Å²) in [5.74, 6) is 1.17. The first-order chi connectivity index (χ1) is 6.72. The number of aromatic nitrogens is 2. The fraction of sp³-hybridized carbons (Fsp3) is 0.778. The van der Waals surface area contributed by atoms with E-state index in [-0.39, 0.29) is 6.04 Å². The van der Waals surface area contributed by atoms with Crippen molar-refractivity contribution < 1.29 is 9.26 Å². The lowest BCUT2D eigenvalue weighted by Gasteiger charge is -1.97. The molecule has 1 atom stereocenters. The predicted molar refractivity (Wildman–Crippen MR) is 51.6 cm³/mol.